The summed E-state index contributed by atoms with van der Waals surface area (Å²) < 4.78 is 17.0. The van der Waals surface area contributed by atoms with Gasteiger partial charge in [0.25, 0.3) is 0 Å². The van der Waals surface area contributed by atoms with E-state index in [1.54, 1.807) is 0 Å². The van der Waals surface area contributed by atoms with E-state index in [2.05, 4.69) is 46.4 Å². The first kappa shape index (κ1) is 52.4. The lowest BCUT2D eigenvalue weighted by Gasteiger charge is -2.18. The minimum absolute atomic E-state index is 0.0277. The number of carbonyl (C=O) groups is 3. The Morgan fingerprint density at radius 1 is 0.407 bits per heavy atom. The fourth-order valence-electron chi connectivity index (χ4n) is 7.03. The zero-order chi connectivity index (χ0) is 40.2. The van der Waals surface area contributed by atoms with E-state index < -0.39 is 0 Å². The third kappa shape index (κ3) is 38.6. The number of hydrogen-bond acceptors (Lipinski definition) is 7. The predicted octanol–water partition coefficient (Wildman–Crippen LogP) is 13.1. The average molecular weight is 766 g/mol. The zero-order valence-electron chi connectivity index (χ0n) is 37.2. The van der Waals surface area contributed by atoms with Gasteiger partial charge in [-0.15, -0.1) is 0 Å². The molecule has 0 amide bonds. The van der Waals surface area contributed by atoms with E-state index in [1.807, 2.05) is 14.1 Å². The molecule has 320 valence electrons. The molecule has 0 saturated carbocycles. The maximum Gasteiger partial charge on any atom is 0.306 e. The standard InChI is InChI=1S/C47H91NO6/c1-40(2)26-23-28-42(5)35-38-52-45(49)32-21-17-13-9-11-15-19-30-44(54-47(51)34-25-37-48(7)8)31-20-16-12-10-14-18-22-33-46(50)53-39-36-43(6)29-24-27-41(3)4/h40-44H,9-39H2,1-8H3/t42-,43-/m1/s1. The molecule has 0 aromatic heterocycles. The monoisotopic (exact) mass is 766 g/mol. The van der Waals surface area contributed by atoms with Gasteiger partial charge in [0.1, 0.15) is 6.10 Å². The van der Waals surface area contributed by atoms with Gasteiger partial charge in [0.05, 0.1) is 13.2 Å². The average Bonchev–Trinajstić information content (AvgIpc) is 3.09. The van der Waals surface area contributed by atoms with Gasteiger partial charge in [0.15, 0.2) is 0 Å². The Hall–Kier alpha value is -1.63. The number of unbranched alkanes of at least 4 members (excludes halogenated alkanes) is 12. The summed E-state index contributed by atoms with van der Waals surface area (Å²) in [5.74, 6) is 2.65. The van der Waals surface area contributed by atoms with Crippen LogP contribution in [0.25, 0.3) is 0 Å². The van der Waals surface area contributed by atoms with Crippen molar-refractivity contribution in [3.05, 3.63) is 0 Å². The van der Waals surface area contributed by atoms with Crippen molar-refractivity contribution in [1.29, 1.82) is 0 Å². The van der Waals surface area contributed by atoms with Crippen LogP contribution in [-0.4, -0.2) is 62.8 Å². The van der Waals surface area contributed by atoms with Crippen LogP contribution in [0.1, 0.15) is 221 Å². The third-order valence-corrected chi connectivity index (χ3v) is 10.8. The van der Waals surface area contributed by atoms with Crippen LogP contribution in [-0.2, 0) is 28.6 Å². The van der Waals surface area contributed by atoms with E-state index in [0.717, 1.165) is 115 Å². The molecule has 0 bridgehead atoms. The highest BCUT2D eigenvalue weighted by molar-refractivity contribution is 5.70. The summed E-state index contributed by atoms with van der Waals surface area (Å²) in [4.78, 5) is 38.9. The van der Waals surface area contributed by atoms with Gasteiger partial charge in [-0.2, -0.15) is 0 Å². The Balaban J connectivity index is 4.06. The van der Waals surface area contributed by atoms with Crippen molar-refractivity contribution < 1.29 is 28.6 Å². The van der Waals surface area contributed by atoms with Crippen LogP contribution in [0.5, 0.6) is 0 Å². The Bertz CT molecular complexity index is 818. The molecule has 0 spiro atoms. The van der Waals surface area contributed by atoms with E-state index in [0.29, 0.717) is 44.3 Å². The number of rotatable bonds is 39. The van der Waals surface area contributed by atoms with Crippen molar-refractivity contribution in [1.82, 2.24) is 4.90 Å². The fourth-order valence-corrected chi connectivity index (χ4v) is 7.03. The second kappa shape index (κ2) is 37.0. The molecule has 0 aromatic rings. The largest absolute Gasteiger partial charge is 0.466 e. The summed E-state index contributed by atoms with van der Waals surface area (Å²) in [6.45, 7) is 15.6. The Morgan fingerprint density at radius 3 is 1.17 bits per heavy atom. The predicted molar refractivity (Wildman–Crippen MR) is 228 cm³/mol. The van der Waals surface area contributed by atoms with E-state index in [1.165, 1.54) is 64.2 Å². The number of ether oxygens (including phenoxy) is 3. The molecule has 0 aliphatic carbocycles. The maximum absolute atomic E-state index is 12.6. The molecule has 0 aromatic carbocycles. The zero-order valence-corrected chi connectivity index (χ0v) is 37.2. The lowest BCUT2D eigenvalue weighted by molar-refractivity contribution is -0.150. The fraction of sp³-hybridized carbons (Fsp3) is 0.936. The summed E-state index contributed by atoms with van der Waals surface area (Å²) in [7, 11) is 4.07. The molecular formula is C47H91NO6. The molecule has 0 fully saturated rings. The van der Waals surface area contributed by atoms with Gasteiger partial charge in [-0.1, -0.05) is 144 Å². The minimum atomic E-state index is -0.0498. The molecule has 0 aliphatic heterocycles. The van der Waals surface area contributed by atoms with Gasteiger partial charge in [0.2, 0.25) is 0 Å². The second-order valence-electron chi connectivity index (χ2n) is 17.9. The van der Waals surface area contributed by atoms with Gasteiger partial charge in [-0.05, 0) is 102 Å². The first-order valence-electron chi connectivity index (χ1n) is 23.0. The van der Waals surface area contributed by atoms with Crippen molar-refractivity contribution in [2.24, 2.45) is 23.7 Å². The van der Waals surface area contributed by atoms with Crippen LogP contribution in [0.3, 0.4) is 0 Å². The number of nitrogens with zero attached hydrogens (tertiary/aromatic N) is 1. The van der Waals surface area contributed by atoms with Crippen molar-refractivity contribution in [2.75, 3.05) is 33.9 Å². The van der Waals surface area contributed by atoms with E-state index in [4.69, 9.17) is 14.2 Å². The summed E-state index contributed by atoms with van der Waals surface area (Å²) in [5.41, 5.74) is 0. The number of hydrogen-bond donors (Lipinski definition) is 0. The highest BCUT2D eigenvalue weighted by Crippen LogP contribution is 2.20. The Morgan fingerprint density at radius 2 is 0.778 bits per heavy atom. The molecule has 2 atom stereocenters. The lowest BCUT2D eigenvalue weighted by atomic mass is 9.98. The van der Waals surface area contributed by atoms with E-state index in [-0.39, 0.29) is 24.0 Å². The molecule has 0 saturated heterocycles. The van der Waals surface area contributed by atoms with Crippen LogP contribution in [0.4, 0.5) is 0 Å². The lowest BCUT2D eigenvalue weighted by Crippen LogP contribution is -2.20. The molecular weight excluding hydrogens is 675 g/mol. The van der Waals surface area contributed by atoms with Crippen molar-refractivity contribution >= 4 is 17.9 Å². The van der Waals surface area contributed by atoms with Crippen molar-refractivity contribution in [2.45, 2.75) is 227 Å². The SMILES string of the molecule is CC(C)CCC[C@@H](C)CCOC(=O)CCCCCCCCCC(CCCCCCCCCC(=O)OCC[C@H](C)CCCC(C)C)OC(=O)CCCN(C)C. The summed E-state index contributed by atoms with van der Waals surface area (Å²) >= 11 is 0. The summed E-state index contributed by atoms with van der Waals surface area (Å²) in [5, 5.41) is 0. The van der Waals surface area contributed by atoms with Gasteiger partial charge in [-0.25, -0.2) is 0 Å². The molecule has 0 rings (SSSR count). The van der Waals surface area contributed by atoms with Crippen LogP contribution in [0, 0.1) is 23.7 Å². The summed E-state index contributed by atoms with van der Waals surface area (Å²) in [6, 6.07) is 0. The minimum Gasteiger partial charge on any atom is -0.466 e. The van der Waals surface area contributed by atoms with Gasteiger partial charge < -0.3 is 19.1 Å². The Kier molecular flexibility index (Phi) is 35.9. The maximum atomic E-state index is 12.6. The molecule has 54 heavy (non-hydrogen) atoms. The smallest absolute Gasteiger partial charge is 0.306 e. The number of carbonyl (C=O) groups excluding carboxylic acids is 3. The van der Waals surface area contributed by atoms with Crippen LogP contribution < -0.4 is 0 Å². The number of esters is 3. The second-order valence-corrected chi connectivity index (χ2v) is 17.9. The van der Waals surface area contributed by atoms with Crippen LogP contribution in [0.2, 0.25) is 0 Å². The van der Waals surface area contributed by atoms with Crippen LogP contribution >= 0.6 is 0 Å². The molecule has 0 unspecified atom stereocenters. The normalized spacial score (nSPS) is 12.9. The van der Waals surface area contributed by atoms with E-state index in [9.17, 15) is 14.4 Å². The van der Waals surface area contributed by atoms with Crippen molar-refractivity contribution in [3.8, 4) is 0 Å². The third-order valence-electron chi connectivity index (χ3n) is 10.8. The molecule has 0 N–H and O–H groups in total. The highest BCUT2D eigenvalue weighted by Gasteiger charge is 2.15. The van der Waals surface area contributed by atoms with Crippen LogP contribution in [0.15, 0.2) is 0 Å². The van der Waals surface area contributed by atoms with Gasteiger partial charge >= 0.3 is 17.9 Å². The van der Waals surface area contributed by atoms with E-state index >= 15 is 0 Å². The molecule has 0 radical (unpaired) electrons. The van der Waals surface area contributed by atoms with Gasteiger partial charge in [0, 0.05) is 19.3 Å². The first-order chi connectivity index (χ1) is 25.9. The Labute approximate surface area is 335 Å². The molecule has 7 heteroatoms. The molecule has 7 nitrogen and oxygen atoms in total. The first-order valence-corrected chi connectivity index (χ1v) is 23.0. The van der Waals surface area contributed by atoms with Gasteiger partial charge in [-0.3, -0.25) is 14.4 Å². The summed E-state index contributed by atoms with van der Waals surface area (Å²) in [6.07, 6.45) is 29.4. The topological polar surface area (TPSA) is 82.1 Å². The van der Waals surface area contributed by atoms with Crippen molar-refractivity contribution in [3.63, 3.8) is 0 Å². The molecule has 0 heterocycles. The quantitative estimate of drug-likeness (QED) is 0.0350. The molecule has 0 aliphatic rings. The highest BCUT2D eigenvalue weighted by atomic mass is 16.5.